The normalized spacial score (nSPS) is 11.8. The van der Waals surface area contributed by atoms with E-state index in [0.29, 0.717) is 29.9 Å². The number of imidazole rings is 1. The molecule has 182 valence electrons. The number of rotatable bonds is 10. The van der Waals surface area contributed by atoms with E-state index in [2.05, 4.69) is 11.6 Å². The van der Waals surface area contributed by atoms with Gasteiger partial charge in [0.25, 0.3) is 0 Å². The number of hydrogen-bond donors (Lipinski definition) is 0. The first kappa shape index (κ1) is 25.4. The zero-order valence-electron chi connectivity index (χ0n) is 20.2. The van der Waals surface area contributed by atoms with Crippen LogP contribution < -0.4 is 0 Å². The molecule has 0 aliphatic rings. The molecule has 0 aliphatic heterocycles. The number of benzene rings is 1. The summed E-state index contributed by atoms with van der Waals surface area (Å²) in [4.78, 5) is 29.5. The summed E-state index contributed by atoms with van der Waals surface area (Å²) in [6.07, 6.45) is 2.10. The molecular formula is C24H30N4O5S. The quantitative estimate of drug-likeness (QED) is 0.248. The van der Waals surface area contributed by atoms with E-state index in [1.54, 1.807) is 25.3 Å². The van der Waals surface area contributed by atoms with Gasteiger partial charge in [-0.05, 0) is 38.1 Å². The Morgan fingerprint density at radius 2 is 1.91 bits per heavy atom. The minimum absolute atomic E-state index is 0.0444. The first-order valence-corrected chi connectivity index (χ1v) is 12.3. The van der Waals surface area contributed by atoms with Crippen LogP contribution in [-0.2, 0) is 39.6 Å². The van der Waals surface area contributed by atoms with E-state index in [-0.39, 0.29) is 23.7 Å². The maximum absolute atomic E-state index is 12.6. The van der Waals surface area contributed by atoms with Crippen molar-refractivity contribution in [3.05, 3.63) is 59.7 Å². The van der Waals surface area contributed by atoms with Crippen molar-refractivity contribution in [2.45, 2.75) is 38.1 Å². The van der Waals surface area contributed by atoms with E-state index in [1.165, 1.54) is 26.2 Å². The number of sulfonamides is 1. The van der Waals surface area contributed by atoms with Crippen LogP contribution in [0.4, 0.5) is 0 Å². The minimum atomic E-state index is -3.57. The van der Waals surface area contributed by atoms with Crippen molar-refractivity contribution in [2.24, 2.45) is 7.05 Å². The van der Waals surface area contributed by atoms with Crippen molar-refractivity contribution < 1.29 is 22.7 Å². The molecule has 0 aliphatic carbocycles. The molecule has 0 bridgehead atoms. The molecule has 0 fully saturated rings. The second-order valence-electron chi connectivity index (χ2n) is 8.29. The Kier molecular flexibility index (Phi) is 7.42. The van der Waals surface area contributed by atoms with E-state index >= 15 is 0 Å². The zero-order chi connectivity index (χ0) is 25.2. The molecule has 1 aromatic carbocycles. The largest absolute Gasteiger partial charge is 0.457 e. The lowest BCUT2D eigenvalue weighted by Gasteiger charge is -2.10. The fourth-order valence-corrected chi connectivity index (χ4v) is 4.75. The number of ether oxygens (including phenoxy) is 1. The van der Waals surface area contributed by atoms with Crippen molar-refractivity contribution in [3.8, 4) is 0 Å². The fraction of sp³-hybridized carbons (Fsp3) is 0.375. The molecule has 0 saturated heterocycles. The molecule has 0 unspecified atom stereocenters. The summed E-state index contributed by atoms with van der Waals surface area (Å²) in [5.41, 5.74) is 3.57. The summed E-state index contributed by atoms with van der Waals surface area (Å²) < 4.78 is 34.9. The number of ketones is 1. The van der Waals surface area contributed by atoms with E-state index in [9.17, 15) is 18.0 Å². The Morgan fingerprint density at radius 1 is 1.21 bits per heavy atom. The molecule has 9 nitrogen and oxygen atoms in total. The third-order valence-electron chi connectivity index (χ3n) is 5.83. The Hall–Kier alpha value is -3.24. The van der Waals surface area contributed by atoms with Gasteiger partial charge in [-0.1, -0.05) is 6.08 Å². The van der Waals surface area contributed by atoms with E-state index in [4.69, 9.17) is 4.74 Å². The second-order valence-corrected chi connectivity index (χ2v) is 10.4. The standard InChI is InChI=1S/C24H30N4O5S/c1-7-12-28-16(2)13-19(17(28)3)22(29)15-33-24(30)11-10-23-25-20-14-18(34(31,32)26(4)5)8-9-21(20)27(23)6/h7-9,13-14H,1,10-12,15H2,2-6H3. The first-order chi connectivity index (χ1) is 16.0. The van der Waals surface area contributed by atoms with Gasteiger partial charge < -0.3 is 13.9 Å². The van der Waals surface area contributed by atoms with Crippen LogP contribution in [0.2, 0.25) is 0 Å². The maximum atomic E-state index is 12.6. The number of hydrogen-bond acceptors (Lipinski definition) is 6. The van der Waals surface area contributed by atoms with Crippen molar-refractivity contribution in [3.63, 3.8) is 0 Å². The van der Waals surface area contributed by atoms with Crippen LogP contribution in [0.1, 0.15) is 34.0 Å². The SMILES string of the molecule is C=CCn1c(C)cc(C(=O)COC(=O)CCc2nc3cc(S(=O)(=O)N(C)C)ccc3n2C)c1C. The molecule has 3 aromatic rings. The molecule has 2 aromatic heterocycles. The average Bonchev–Trinajstić information content (AvgIpc) is 3.26. The molecule has 0 spiro atoms. The van der Waals surface area contributed by atoms with Crippen molar-refractivity contribution in [1.82, 2.24) is 18.4 Å². The third kappa shape index (κ3) is 4.97. The number of fused-ring (bicyclic) bond motifs is 1. The molecule has 2 heterocycles. The number of carbonyl (C=O) groups is 2. The molecule has 0 N–H and O–H groups in total. The summed E-state index contributed by atoms with van der Waals surface area (Å²) in [7, 11) is 1.17. The minimum Gasteiger partial charge on any atom is -0.457 e. The first-order valence-electron chi connectivity index (χ1n) is 10.8. The van der Waals surface area contributed by atoms with E-state index in [1.807, 2.05) is 23.0 Å². The van der Waals surface area contributed by atoms with Gasteiger partial charge in [-0.3, -0.25) is 9.59 Å². The van der Waals surface area contributed by atoms with E-state index < -0.39 is 16.0 Å². The van der Waals surface area contributed by atoms with Crippen LogP contribution in [0.25, 0.3) is 11.0 Å². The van der Waals surface area contributed by atoms with Crippen molar-refractivity contribution in [1.29, 1.82) is 0 Å². The highest BCUT2D eigenvalue weighted by Gasteiger charge is 2.20. The van der Waals surface area contributed by atoms with E-state index in [0.717, 1.165) is 21.2 Å². The predicted molar refractivity (Wildman–Crippen MR) is 129 cm³/mol. The number of Topliss-reactive ketones (excluding diaryl/α,β-unsaturated/α-hetero) is 1. The summed E-state index contributed by atoms with van der Waals surface area (Å²) in [5.74, 6) is -0.143. The van der Waals surface area contributed by atoms with Crippen LogP contribution >= 0.6 is 0 Å². The van der Waals surface area contributed by atoms with Gasteiger partial charge in [-0.2, -0.15) is 0 Å². The molecule has 3 rings (SSSR count). The predicted octanol–water partition coefficient (Wildman–Crippen LogP) is 2.79. The summed E-state index contributed by atoms with van der Waals surface area (Å²) >= 11 is 0. The highest BCUT2D eigenvalue weighted by Crippen LogP contribution is 2.22. The number of allylic oxidation sites excluding steroid dienone is 1. The molecule has 0 saturated carbocycles. The summed E-state index contributed by atoms with van der Waals surface area (Å²) in [5, 5.41) is 0. The molecule has 0 amide bonds. The van der Waals surface area contributed by atoms with Gasteiger partial charge in [0.15, 0.2) is 6.61 Å². The zero-order valence-corrected chi connectivity index (χ0v) is 21.0. The topological polar surface area (TPSA) is 103 Å². The Bertz CT molecular complexity index is 1370. The highest BCUT2D eigenvalue weighted by atomic mass is 32.2. The lowest BCUT2D eigenvalue weighted by atomic mass is 10.1. The smallest absolute Gasteiger partial charge is 0.306 e. The lowest BCUT2D eigenvalue weighted by molar-refractivity contribution is -0.142. The van der Waals surface area contributed by atoms with Gasteiger partial charge in [-0.15, -0.1) is 6.58 Å². The molecule has 0 atom stereocenters. The van der Waals surface area contributed by atoms with Crippen molar-refractivity contribution in [2.75, 3.05) is 20.7 Å². The lowest BCUT2D eigenvalue weighted by Crippen LogP contribution is -2.22. The van der Waals surface area contributed by atoms with Crippen LogP contribution in [0, 0.1) is 13.8 Å². The number of aromatic nitrogens is 3. The third-order valence-corrected chi connectivity index (χ3v) is 7.64. The molecule has 34 heavy (non-hydrogen) atoms. The monoisotopic (exact) mass is 486 g/mol. The Morgan fingerprint density at radius 3 is 2.56 bits per heavy atom. The van der Waals surface area contributed by atoms with Gasteiger partial charge in [0.05, 0.1) is 22.3 Å². The summed E-state index contributed by atoms with van der Waals surface area (Å²) in [6, 6.07) is 6.55. The molecule has 10 heteroatoms. The van der Waals surface area contributed by atoms with Gasteiger partial charge in [0.1, 0.15) is 5.82 Å². The number of esters is 1. The highest BCUT2D eigenvalue weighted by molar-refractivity contribution is 7.89. The van der Waals surface area contributed by atoms with Gasteiger partial charge in [0, 0.05) is 51.1 Å². The van der Waals surface area contributed by atoms with Crippen LogP contribution in [0.3, 0.4) is 0 Å². The number of carbonyl (C=O) groups excluding carboxylic acids is 2. The Labute approximate surface area is 199 Å². The molecular weight excluding hydrogens is 456 g/mol. The second kappa shape index (κ2) is 9.94. The Balaban J connectivity index is 1.64. The number of nitrogens with zero attached hydrogens (tertiary/aromatic N) is 4. The van der Waals surface area contributed by atoms with Crippen LogP contribution in [0.5, 0.6) is 0 Å². The summed E-state index contributed by atoms with van der Waals surface area (Å²) in [6.45, 7) is 7.77. The van der Waals surface area contributed by atoms with Crippen molar-refractivity contribution >= 4 is 32.8 Å². The van der Waals surface area contributed by atoms with Crippen LogP contribution in [-0.4, -0.2) is 59.3 Å². The fourth-order valence-electron chi connectivity index (χ4n) is 3.83. The number of aryl methyl sites for hydroxylation is 3. The van der Waals surface area contributed by atoms with Gasteiger partial charge in [0.2, 0.25) is 15.8 Å². The van der Waals surface area contributed by atoms with Gasteiger partial charge in [-0.25, -0.2) is 17.7 Å². The molecule has 0 radical (unpaired) electrons. The average molecular weight is 487 g/mol. The maximum Gasteiger partial charge on any atom is 0.306 e. The van der Waals surface area contributed by atoms with Gasteiger partial charge >= 0.3 is 5.97 Å². The van der Waals surface area contributed by atoms with Crippen LogP contribution in [0.15, 0.2) is 41.8 Å².